The van der Waals surface area contributed by atoms with Crippen molar-refractivity contribution in [1.82, 2.24) is 20.1 Å². The molecule has 3 rings (SSSR count). The maximum atomic E-state index is 4.67. The molecule has 2 aromatic heterocycles. The highest BCUT2D eigenvalue weighted by molar-refractivity contribution is 7.07. The minimum atomic E-state index is 0.226. The van der Waals surface area contributed by atoms with Crippen LogP contribution in [-0.2, 0) is 13.5 Å². The van der Waals surface area contributed by atoms with E-state index < -0.39 is 0 Å². The van der Waals surface area contributed by atoms with E-state index >= 15 is 0 Å². The topological polar surface area (TPSA) is 42.7 Å². The third kappa shape index (κ3) is 2.46. The van der Waals surface area contributed by atoms with Crippen molar-refractivity contribution in [3.63, 3.8) is 0 Å². The molecule has 4 nitrogen and oxygen atoms in total. The third-order valence-electron chi connectivity index (χ3n) is 3.49. The molecule has 20 heavy (non-hydrogen) atoms. The molecule has 104 valence electrons. The molecule has 1 aromatic carbocycles. The second kappa shape index (κ2) is 5.73. The molecular weight excluding hydrogens is 268 g/mol. The average Bonchev–Trinajstić information content (AvgIpc) is 3.08. The number of aromatic nitrogens is 3. The van der Waals surface area contributed by atoms with Gasteiger partial charge in [-0.2, -0.15) is 5.10 Å². The van der Waals surface area contributed by atoms with Gasteiger partial charge in [0.1, 0.15) is 0 Å². The lowest BCUT2D eigenvalue weighted by Crippen LogP contribution is -2.23. The maximum Gasteiger partial charge on any atom is 0.0795 e. The molecule has 2 heterocycles. The van der Waals surface area contributed by atoms with Crippen LogP contribution in [0, 0.1) is 0 Å². The Balaban J connectivity index is 1.94. The van der Waals surface area contributed by atoms with Crippen LogP contribution in [0.25, 0.3) is 10.9 Å². The quantitative estimate of drug-likeness (QED) is 0.784. The molecule has 0 bridgehead atoms. The van der Waals surface area contributed by atoms with Gasteiger partial charge in [-0.1, -0.05) is 25.1 Å². The Hall–Kier alpha value is -1.72. The highest BCUT2D eigenvalue weighted by atomic mass is 32.1. The van der Waals surface area contributed by atoms with E-state index in [1.165, 1.54) is 10.9 Å². The number of fused-ring (bicyclic) bond motifs is 1. The number of benzene rings is 1. The van der Waals surface area contributed by atoms with Crippen LogP contribution in [0.5, 0.6) is 0 Å². The number of hydrogen-bond acceptors (Lipinski definition) is 4. The highest BCUT2D eigenvalue weighted by Crippen LogP contribution is 2.23. The Morgan fingerprint density at radius 2 is 2.20 bits per heavy atom. The predicted octanol–water partition coefficient (Wildman–Crippen LogP) is 2.92. The zero-order chi connectivity index (χ0) is 13.9. The Kier molecular flexibility index (Phi) is 3.80. The lowest BCUT2D eigenvalue weighted by Gasteiger charge is -2.14. The van der Waals surface area contributed by atoms with Crippen molar-refractivity contribution in [2.24, 2.45) is 7.05 Å². The summed E-state index contributed by atoms with van der Waals surface area (Å²) in [5.74, 6) is 0. The SMILES string of the molecule is CCNC(Cc1nn(C)c2ccccc12)c1cscn1. The second-order valence-electron chi connectivity index (χ2n) is 4.82. The van der Waals surface area contributed by atoms with Crippen LogP contribution in [0.2, 0.25) is 0 Å². The summed E-state index contributed by atoms with van der Waals surface area (Å²) in [7, 11) is 2.00. The second-order valence-corrected chi connectivity index (χ2v) is 5.53. The molecule has 0 aliphatic rings. The number of para-hydroxylation sites is 1. The van der Waals surface area contributed by atoms with Crippen LogP contribution < -0.4 is 5.32 Å². The van der Waals surface area contributed by atoms with Gasteiger partial charge >= 0.3 is 0 Å². The smallest absolute Gasteiger partial charge is 0.0795 e. The summed E-state index contributed by atoms with van der Waals surface area (Å²) in [5.41, 5.74) is 5.29. The molecule has 1 N–H and O–H groups in total. The lowest BCUT2D eigenvalue weighted by molar-refractivity contribution is 0.531. The molecule has 0 amide bonds. The molecule has 1 unspecified atom stereocenters. The van der Waals surface area contributed by atoms with Crippen molar-refractivity contribution in [3.8, 4) is 0 Å². The Morgan fingerprint density at radius 1 is 1.35 bits per heavy atom. The fourth-order valence-corrected chi connectivity index (χ4v) is 3.16. The molecule has 0 fully saturated rings. The van der Waals surface area contributed by atoms with E-state index in [2.05, 4.69) is 52.0 Å². The standard InChI is InChI=1S/C15H18N4S/c1-3-16-13(14-9-20-10-17-14)8-12-11-6-4-5-7-15(11)19(2)18-12/h4-7,9-10,13,16H,3,8H2,1-2H3. The van der Waals surface area contributed by atoms with Gasteiger partial charge in [0.2, 0.25) is 0 Å². The van der Waals surface area contributed by atoms with Crippen LogP contribution in [0.4, 0.5) is 0 Å². The van der Waals surface area contributed by atoms with Crippen molar-refractivity contribution >= 4 is 22.2 Å². The molecule has 0 spiro atoms. The van der Waals surface area contributed by atoms with Gasteiger partial charge in [-0.05, 0) is 12.6 Å². The van der Waals surface area contributed by atoms with Crippen LogP contribution in [0.15, 0.2) is 35.2 Å². The normalized spacial score (nSPS) is 12.9. The first-order valence-corrected chi connectivity index (χ1v) is 7.76. The van der Waals surface area contributed by atoms with Crippen molar-refractivity contribution in [2.75, 3.05) is 6.54 Å². The zero-order valence-electron chi connectivity index (χ0n) is 11.7. The Labute approximate surface area is 122 Å². The Morgan fingerprint density at radius 3 is 2.95 bits per heavy atom. The van der Waals surface area contributed by atoms with Gasteiger partial charge in [-0.15, -0.1) is 11.3 Å². The van der Waals surface area contributed by atoms with Crippen molar-refractivity contribution in [1.29, 1.82) is 0 Å². The summed E-state index contributed by atoms with van der Waals surface area (Å²) in [6.07, 6.45) is 0.860. The van der Waals surface area contributed by atoms with Crippen molar-refractivity contribution in [2.45, 2.75) is 19.4 Å². The summed E-state index contributed by atoms with van der Waals surface area (Å²) < 4.78 is 1.95. The number of rotatable bonds is 5. The number of aryl methyl sites for hydroxylation is 1. The molecule has 3 aromatic rings. The average molecular weight is 286 g/mol. The van der Waals surface area contributed by atoms with E-state index in [-0.39, 0.29) is 6.04 Å². The van der Waals surface area contributed by atoms with E-state index in [1.807, 2.05) is 17.2 Å². The summed E-state index contributed by atoms with van der Waals surface area (Å²) in [6.45, 7) is 3.04. The molecule has 0 aliphatic carbocycles. The summed E-state index contributed by atoms with van der Waals surface area (Å²) in [5, 5.41) is 11.5. The number of likely N-dealkylation sites (N-methyl/N-ethyl adjacent to an activating group) is 1. The molecule has 0 saturated carbocycles. The van der Waals surface area contributed by atoms with E-state index in [4.69, 9.17) is 0 Å². The predicted molar refractivity (Wildman–Crippen MR) is 82.9 cm³/mol. The van der Waals surface area contributed by atoms with Crippen LogP contribution >= 0.6 is 11.3 Å². The molecular formula is C15H18N4S. The molecule has 0 aliphatic heterocycles. The minimum Gasteiger partial charge on any atom is -0.309 e. The van der Waals surface area contributed by atoms with E-state index in [9.17, 15) is 0 Å². The van der Waals surface area contributed by atoms with Gasteiger partial charge in [-0.25, -0.2) is 4.98 Å². The maximum absolute atomic E-state index is 4.67. The fraction of sp³-hybridized carbons (Fsp3) is 0.333. The van der Waals surface area contributed by atoms with Gasteiger partial charge < -0.3 is 5.32 Å². The van der Waals surface area contributed by atoms with Gasteiger partial charge in [0, 0.05) is 24.2 Å². The van der Waals surface area contributed by atoms with Gasteiger partial charge in [0.05, 0.1) is 28.5 Å². The van der Waals surface area contributed by atoms with E-state index in [1.54, 1.807) is 11.3 Å². The third-order valence-corrected chi connectivity index (χ3v) is 4.10. The zero-order valence-corrected chi connectivity index (χ0v) is 12.5. The van der Waals surface area contributed by atoms with E-state index in [0.29, 0.717) is 0 Å². The van der Waals surface area contributed by atoms with Gasteiger partial charge in [0.15, 0.2) is 0 Å². The lowest BCUT2D eigenvalue weighted by atomic mass is 10.1. The summed E-state index contributed by atoms with van der Waals surface area (Å²) in [4.78, 5) is 4.44. The molecule has 0 radical (unpaired) electrons. The first-order valence-electron chi connectivity index (χ1n) is 6.81. The van der Waals surface area contributed by atoms with E-state index in [0.717, 1.165) is 24.4 Å². The Bertz CT molecular complexity index is 687. The number of hydrogen-bond donors (Lipinski definition) is 1. The monoisotopic (exact) mass is 286 g/mol. The first-order chi connectivity index (χ1) is 9.79. The first kappa shape index (κ1) is 13.3. The minimum absolute atomic E-state index is 0.226. The van der Waals surface area contributed by atoms with Crippen LogP contribution in [0.3, 0.4) is 0 Å². The van der Waals surface area contributed by atoms with Gasteiger partial charge in [-0.3, -0.25) is 4.68 Å². The molecule has 5 heteroatoms. The number of nitrogens with one attached hydrogen (secondary N) is 1. The summed E-state index contributed by atoms with van der Waals surface area (Å²) >= 11 is 1.64. The van der Waals surface area contributed by atoms with Crippen LogP contribution in [0.1, 0.15) is 24.4 Å². The van der Waals surface area contributed by atoms with Gasteiger partial charge in [0.25, 0.3) is 0 Å². The number of thiazole rings is 1. The van der Waals surface area contributed by atoms with Crippen molar-refractivity contribution in [3.05, 3.63) is 46.5 Å². The summed E-state index contributed by atoms with van der Waals surface area (Å²) in [6, 6.07) is 8.59. The number of nitrogens with zero attached hydrogens (tertiary/aromatic N) is 3. The van der Waals surface area contributed by atoms with Crippen molar-refractivity contribution < 1.29 is 0 Å². The molecule has 0 saturated heterocycles. The fourth-order valence-electron chi connectivity index (χ4n) is 2.55. The largest absolute Gasteiger partial charge is 0.309 e. The highest BCUT2D eigenvalue weighted by Gasteiger charge is 2.17. The molecule has 1 atom stereocenters. The van der Waals surface area contributed by atoms with Crippen LogP contribution in [-0.4, -0.2) is 21.3 Å².